The van der Waals surface area contributed by atoms with E-state index in [0.29, 0.717) is 11.5 Å². The third kappa shape index (κ3) is 7.61. The molecular formula is C14H29N. The van der Waals surface area contributed by atoms with Gasteiger partial charge in [-0.1, -0.05) is 46.6 Å². The van der Waals surface area contributed by atoms with Crippen molar-refractivity contribution in [1.82, 2.24) is 5.32 Å². The standard InChI is InChI=1S/C14H29N/c1-6-8-9-10-11-12-13(15-7-2)14(3,4)5/h6,13,15H,1,7-12H2,2-5H3. The topological polar surface area (TPSA) is 12.0 Å². The lowest BCUT2D eigenvalue weighted by molar-refractivity contribution is 0.252. The molecule has 1 nitrogen and oxygen atoms in total. The average molecular weight is 211 g/mol. The van der Waals surface area contributed by atoms with Crippen molar-refractivity contribution < 1.29 is 0 Å². The molecule has 0 heterocycles. The Balaban J connectivity index is 3.72. The summed E-state index contributed by atoms with van der Waals surface area (Å²) in [5.41, 5.74) is 0.383. The first kappa shape index (κ1) is 14.7. The Kier molecular flexibility index (Phi) is 7.76. The Hall–Kier alpha value is -0.300. The Morgan fingerprint density at radius 1 is 1.20 bits per heavy atom. The molecule has 1 unspecified atom stereocenters. The first-order valence-electron chi connectivity index (χ1n) is 6.36. The lowest BCUT2D eigenvalue weighted by Gasteiger charge is -2.31. The molecule has 0 rings (SSSR count). The minimum Gasteiger partial charge on any atom is -0.314 e. The molecule has 1 N–H and O–H groups in total. The minimum absolute atomic E-state index is 0.383. The molecule has 15 heavy (non-hydrogen) atoms. The van der Waals surface area contributed by atoms with Gasteiger partial charge in [0.05, 0.1) is 0 Å². The van der Waals surface area contributed by atoms with E-state index < -0.39 is 0 Å². The van der Waals surface area contributed by atoms with Crippen molar-refractivity contribution >= 4 is 0 Å². The number of hydrogen-bond donors (Lipinski definition) is 1. The van der Waals surface area contributed by atoms with Crippen LogP contribution >= 0.6 is 0 Å². The zero-order valence-corrected chi connectivity index (χ0v) is 11.1. The van der Waals surface area contributed by atoms with Crippen LogP contribution in [-0.2, 0) is 0 Å². The molecule has 0 amide bonds. The van der Waals surface area contributed by atoms with E-state index in [4.69, 9.17) is 0 Å². The molecule has 0 fully saturated rings. The fourth-order valence-corrected chi connectivity index (χ4v) is 1.90. The summed E-state index contributed by atoms with van der Waals surface area (Å²) in [6, 6.07) is 0.659. The fourth-order valence-electron chi connectivity index (χ4n) is 1.90. The Morgan fingerprint density at radius 2 is 1.87 bits per heavy atom. The van der Waals surface area contributed by atoms with Crippen molar-refractivity contribution in [1.29, 1.82) is 0 Å². The van der Waals surface area contributed by atoms with Gasteiger partial charge < -0.3 is 5.32 Å². The van der Waals surface area contributed by atoms with Gasteiger partial charge in [-0.25, -0.2) is 0 Å². The summed E-state index contributed by atoms with van der Waals surface area (Å²) in [5, 5.41) is 3.59. The SMILES string of the molecule is C=CCCCCCC(NCC)C(C)(C)C. The van der Waals surface area contributed by atoms with Crippen LogP contribution < -0.4 is 5.32 Å². The van der Waals surface area contributed by atoms with Crippen LogP contribution in [-0.4, -0.2) is 12.6 Å². The van der Waals surface area contributed by atoms with Gasteiger partial charge in [-0.3, -0.25) is 0 Å². The van der Waals surface area contributed by atoms with Crippen LogP contribution in [0.2, 0.25) is 0 Å². The molecule has 0 spiro atoms. The molecule has 0 aromatic heterocycles. The summed E-state index contributed by atoms with van der Waals surface area (Å²) in [7, 11) is 0. The van der Waals surface area contributed by atoms with Gasteiger partial charge in [0.2, 0.25) is 0 Å². The number of unbranched alkanes of at least 4 members (excludes halogenated alkanes) is 3. The van der Waals surface area contributed by atoms with E-state index in [1.165, 1.54) is 32.1 Å². The molecular weight excluding hydrogens is 182 g/mol. The maximum Gasteiger partial charge on any atom is 0.0115 e. The molecule has 0 radical (unpaired) electrons. The first-order chi connectivity index (χ1) is 7.02. The second-order valence-corrected chi connectivity index (χ2v) is 5.40. The second kappa shape index (κ2) is 7.92. The van der Waals surface area contributed by atoms with Gasteiger partial charge in [-0.2, -0.15) is 0 Å². The third-order valence-electron chi connectivity index (χ3n) is 2.90. The van der Waals surface area contributed by atoms with E-state index in [-0.39, 0.29) is 0 Å². The Labute approximate surface area is 96.3 Å². The Bertz CT molecular complexity index is 155. The zero-order valence-electron chi connectivity index (χ0n) is 11.1. The summed E-state index contributed by atoms with van der Waals surface area (Å²) in [6.45, 7) is 14.0. The van der Waals surface area contributed by atoms with Crippen molar-refractivity contribution in [2.24, 2.45) is 5.41 Å². The second-order valence-electron chi connectivity index (χ2n) is 5.40. The summed E-state index contributed by atoms with van der Waals surface area (Å²) in [5.74, 6) is 0. The van der Waals surface area contributed by atoms with Crippen LogP contribution in [0.5, 0.6) is 0 Å². The van der Waals surface area contributed by atoms with Crippen molar-refractivity contribution in [3.05, 3.63) is 12.7 Å². The molecule has 0 aliphatic carbocycles. The van der Waals surface area contributed by atoms with E-state index in [9.17, 15) is 0 Å². The summed E-state index contributed by atoms with van der Waals surface area (Å²) in [4.78, 5) is 0. The van der Waals surface area contributed by atoms with Crippen molar-refractivity contribution in [3.8, 4) is 0 Å². The highest BCUT2D eigenvalue weighted by Crippen LogP contribution is 2.23. The fraction of sp³-hybridized carbons (Fsp3) is 0.857. The van der Waals surface area contributed by atoms with Crippen LogP contribution in [0.1, 0.15) is 59.8 Å². The molecule has 0 saturated heterocycles. The van der Waals surface area contributed by atoms with Gasteiger partial charge in [-0.15, -0.1) is 6.58 Å². The molecule has 0 saturated carbocycles. The van der Waals surface area contributed by atoms with E-state index >= 15 is 0 Å². The van der Waals surface area contributed by atoms with Gasteiger partial charge in [0, 0.05) is 6.04 Å². The lowest BCUT2D eigenvalue weighted by atomic mass is 9.83. The molecule has 0 aliphatic rings. The van der Waals surface area contributed by atoms with Crippen molar-refractivity contribution in [2.75, 3.05) is 6.54 Å². The Morgan fingerprint density at radius 3 is 2.33 bits per heavy atom. The number of nitrogens with one attached hydrogen (secondary N) is 1. The summed E-state index contributed by atoms with van der Waals surface area (Å²) >= 11 is 0. The smallest absolute Gasteiger partial charge is 0.0115 e. The van der Waals surface area contributed by atoms with Gasteiger partial charge in [-0.05, 0) is 31.2 Å². The van der Waals surface area contributed by atoms with E-state index in [0.717, 1.165) is 6.54 Å². The molecule has 90 valence electrons. The van der Waals surface area contributed by atoms with Gasteiger partial charge in [0.25, 0.3) is 0 Å². The lowest BCUT2D eigenvalue weighted by Crippen LogP contribution is -2.40. The van der Waals surface area contributed by atoms with Crippen LogP contribution in [0.4, 0.5) is 0 Å². The first-order valence-corrected chi connectivity index (χ1v) is 6.36. The predicted octanol–water partition coefficient (Wildman–Crippen LogP) is 4.15. The highest BCUT2D eigenvalue weighted by molar-refractivity contribution is 4.80. The monoisotopic (exact) mass is 211 g/mol. The van der Waals surface area contributed by atoms with Crippen molar-refractivity contribution in [2.45, 2.75) is 65.8 Å². The largest absolute Gasteiger partial charge is 0.314 e. The van der Waals surface area contributed by atoms with Gasteiger partial charge in [0.15, 0.2) is 0 Å². The number of hydrogen-bond acceptors (Lipinski definition) is 1. The van der Waals surface area contributed by atoms with Crippen LogP contribution in [0.25, 0.3) is 0 Å². The highest BCUT2D eigenvalue weighted by Gasteiger charge is 2.22. The average Bonchev–Trinajstić information content (AvgIpc) is 2.14. The molecule has 0 aromatic rings. The molecule has 0 aromatic carbocycles. The maximum absolute atomic E-state index is 3.75. The zero-order chi connectivity index (χ0) is 11.7. The number of allylic oxidation sites excluding steroid dienone is 1. The normalized spacial score (nSPS) is 13.9. The quantitative estimate of drug-likeness (QED) is 0.470. The maximum atomic E-state index is 3.75. The molecule has 1 atom stereocenters. The molecule has 0 aliphatic heterocycles. The predicted molar refractivity (Wildman–Crippen MR) is 70.2 cm³/mol. The summed E-state index contributed by atoms with van der Waals surface area (Å²) < 4.78 is 0. The van der Waals surface area contributed by atoms with Gasteiger partial charge >= 0.3 is 0 Å². The van der Waals surface area contributed by atoms with Crippen molar-refractivity contribution in [3.63, 3.8) is 0 Å². The van der Waals surface area contributed by atoms with Gasteiger partial charge in [0.1, 0.15) is 0 Å². The van der Waals surface area contributed by atoms with Crippen LogP contribution in [0, 0.1) is 5.41 Å². The van der Waals surface area contributed by atoms with E-state index in [2.05, 4.69) is 39.6 Å². The molecule has 1 heteroatoms. The number of rotatable bonds is 8. The minimum atomic E-state index is 0.383. The van der Waals surface area contributed by atoms with E-state index in [1.54, 1.807) is 0 Å². The molecule has 0 bridgehead atoms. The van der Waals surface area contributed by atoms with E-state index in [1.807, 2.05) is 6.08 Å². The summed E-state index contributed by atoms with van der Waals surface area (Å²) in [6.07, 6.45) is 8.46. The van der Waals surface area contributed by atoms with Crippen LogP contribution in [0.15, 0.2) is 12.7 Å². The van der Waals surface area contributed by atoms with Crippen LogP contribution in [0.3, 0.4) is 0 Å². The highest BCUT2D eigenvalue weighted by atomic mass is 14.9. The third-order valence-corrected chi connectivity index (χ3v) is 2.90.